The predicted molar refractivity (Wildman–Crippen MR) is 287 cm³/mol. The summed E-state index contributed by atoms with van der Waals surface area (Å²) >= 11 is 0. The van der Waals surface area contributed by atoms with Crippen molar-refractivity contribution >= 4 is 19.8 Å². The summed E-state index contributed by atoms with van der Waals surface area (Å²) < 4.78 is 34.0. The third kappa shape index (κ3) is 53.6. The maximum absolute atomic E-state index is 12.8. The molecular weight excluding hydrogens is 870 g/mol. The molecule has 10 heteroatoms. The Kier molecular flexibility index (Phi) is 48.9. The maximum Gasteiger partial charge on any atom is 0.306 e. The van der Waals surface area contributed by atoms with Crippen LogP contribution >= 0.6 is 7.82 Å². The second-order valence-corrected chi connectivity index (χ2v) is 22.1. The number of carbonyl (C=O) groups excluding carboxylic acids is 2. The summed E-state index contributed by atoms with van der Waals surface area (Å²) in [6, 6.07) is 0. The Bertz CT molecular complexity index is 1250. The number of nitrogens with zero attached hydrogens (tertiary/aromatic N) is 1. The minimum Gasteiger partial charge on any atom is -0.756 e. The highest BCUT2D eigenvalue weighted by atomic mass is 31.2. The van der Waals surface area contributed by atoms with E-state index in [1.165, 1.54) is 193 Å². The van der Waals surface area contributed by atoms with Gasteiger partial charge in [0, 0.05) is 12.8 Å². The van der Waals surface area contributed by atoms with Crippen LogP contribution < -0.4 is 4.89 Å². The second kappa shape index (κ2) is 50.2. The molecule has 0 N–H and O–H groups in total. The van der Waals surface area contributed by atoms with Crippen molar-refractivity contribution in [3.8, 4) is 0 Å². The fourth-order valence-corrected chi connectivity index (χ4v) is 8.92. The van der Waals surface area contributed by atoms with E-state index in [4.69, 9.17) is 18.5 Å². The molecule has 0 saturated heterocycles. The smallest absolute Gasteiger partial charge is 0.306 e. The van der Waals surface area contributed by atoms with Gasteiger partial charge in [0.15, 0.2) is 6.10 Å². The monoisotopic (exact) mass is 980 g/mol. The van der Waals surface area contributed by atoms with Crippen LogP contribution in [0, 0.1) is 0 Å². The number of allylic oxidation sites excluding steroid dienone is 6. The summed E-state index contributed by atoms with van der Waals surface area (Å²) in [5, 5.41) is 0. The van der Waals surface area contributed by atoms with Crippen molar-refractivity contribution in [2.75, 3.05) is 47.5 Å². The Balaban J connectivity index is 3.97. The number of rotatable bonds is 53. The molecule has 0 heterocycles. The summed E-state index contributed by atoms with van der Waals surface area (Å²) in [4.78, 5) is 37.7. The topological polar surface area (TPSA) is 111 Å². The number of carbonyl (C=O) groups is 2. The molecule has 0 radical (unpaired) electrons. The lowest BCUT2D eigenvalue weighted by atomic mass is 10.0. The van der Waals surface area contributed by atoms with Gasteiger partial charge in [-0.1, -0.05) is 243 Å². The van der Waals surface area contributed by atoms with E-state index in [9.17, 15) is 19.0 Å². The molecular formula is C58H110NO8P. The fraction of sp³-hybridized carbons (Fsp3) is 0.862. The van der Waals surface area contributed by atoms with E-state index in [1.807, 2.05) is 21.1 Å². The van der Waals surface area contributed by atoms with Gasteiger partial charge in [-0.25, -0.2) is 0 Å². The quantitative estimate of drug-likeness (QED) is 0.0195. The lowest BCUT2D eigenvalue weighted by molar-refractivity contribution is -0.870. The van der Waals surface area contributed by atoms with Crippen molar-refractivity contribution in [3.05, 3.63) is 36.5 Å². The molecule has 0 aliphatic heterocycles. The summed E-state index contributed by atoms with van der Waals surface area (Å²) in [5.74, 6) is -0.823. The van der Waals surface area contributed by atoms with E-state index in [-0.39, 0.29) is 32.0 Å². The zero-order valence-corrected chi connectivity index (χ0v) is 46.2. The van der Waals surface area contributed by atoms with E-state index >= 15 is 0 Å². The molecule has 9 nitrogen and oxygen atoms in total. The molecule has 0 spiro atoms. The molecule has 2 unspecified atom stereocenters. The van der Waals surface area contributed by atoms with E-state index < -0.39 is 26.5 Å². The number of phosphoric ester groups is 1. The molecule has 0 bridgehead atoms. The van der Waals surface area contributed by atoms with Crippen LogP contribution in [0.15, 0.2) is 36.5 Å². The molecule has 0 aliphatic carbocycles. The third-order valence-corrected chi connectivity index (χ3v) is 13.6. The van der Waals surface area contributed by atoms with Crippen molar-refractivity contribution in [2.45, 2.75) is 277 Å². The van der Waals surface area contributed by atoms with E-state index in [1.54, 1.807) is 0 Å². The lowest BCUT2D eigenvalue weighted by Gasteiger charge is -2.28. The highest BCUT2D eigenvalue weighted by molar-refractivity contribution is 7.45. The van der Waals surface area contributed by atoms with Gasteiger partial charge in [-0.15, -0.1) is 0 Å². The first-order chi connectivity index (χ1) is 33.0. The Morgan fingerprint density at radius 3 is 1.18 bits per heavy atom. The van der Waals surface area contributed by atoms with Gasteiger partial charge in [0.25, 0.3) is 7.82 Å². The number of unbranched alkanes of at least 4 members (excludes halogenated alkanes) is 33. The first kappa shape index (κ1) is 66.2. The fourth-order valence-electron chi connectivity index (χ4n) is 8.19. The zero-order chi connectivity index (χ0) is 49.9. The van der Waals surface area contributed by atoms with Gasteiger partial charge < -0.3 is 27.9 Å². The minimum atomic E-state index is -4.63. The van der Waals surface area contributed by atoms with Crippen molar-refractivity contribution in [2.24, 2.45) is 0 Å². The van der Waals surface area contributed by atoms with Crippen molar-refractivity contribution < 1.29 is 42.1 Å². The van der Waals surface area contributed by atoms with Crippen LogP contribution in [-0.4, -0.2) is 70.0 Å². The van der Waals surface area contributed by atoms with Gasteiger partial charge in [0.05, 0.1) is 27.7 Å². The number of quaternary nitrogens is 1. The summed E-state index contributed by atoms with van der Waals surface area (Å²) in [6.07, 6.45) is 60.6. The van der Waals surface area contributed by atoms with Crippen LogP contribution in [-0.2, 0) is 32.7 Å². The number of hydrogen-bond donors (Lipinski definition) is 0. The molecule has 0 aliphatic rings. The standard InChI is InChI=1S/C58H110NO8P/c1-6-8-10-12-14-16-18-19-20-21-22-23-24-25-26-27-28-29-30-31-32-33-34-35-36-37-38-39-41-43-45-47-49-51-58(61)67-56(55-66-68(62,63)65-53-52-59(3,4)5)54-64-57(60)50-48-46-44-42-40-17-15-13-11-9-7-2/h18-19,21-22,24-25,56H,6-17,20,23,26-55H2,1-5H3/b19-18-,22-21-,25-24-. The number of likely N-dealkylation sites (N-methyl/N-ethyl adjacent to an activating group) is 1. The summed E-state index contributed by atoms with van der Waals surface area (Å²) in [6.45, 7) is 4.24. The number of hydrogen-bond acceptors (Lipinski definition) is 8. The van der Waals surface area contributed by atoms with Gasteiger partial charge in [-0.3, -0.25) is 14.2 Å². The van der Waals surface area contributed by atoms with Crippen LogP contribution in [0.1, 0.15) is 271 Å². The van der Waals surface area contributed by atoms with Crippen LogP contribution in [0.2, 0.25) is 0 Å². The minimum absolute atomic E-state index is 0.0283. The highest BCUT2D eigenvalue weighted by Gasteiger charge is 2.22. The van der Waals surface area contributed by atoms with Gasteiger partial charge in [-0.05, 0) is 51.4 Å². The maximum atomic E-state index is 12.8. The number of phosphoric acid groups is 1. The molecule has 0 saturated carbocycles. The molecule has 0 fully saturated rings. The SMILES string of the molecule is CCCCCCC/C=C\C/C=C\C/C=C\CCCCCCCCCCCCCCCCCCCCC(=O)OC(COC(=O)CCCCCCCCCCCCC)COP(=O)([O-])OCC[N+](C)(C)C. The van der Waals surface area contributed by atoms with Gasteiger partial charge in [0.1, 0.15) is 19.8 Å². The largest absolute Gasteiger partial charge is 0.756 e. The molecule has 0 amide bonds. The first-order valence-corrected chi connectivity index (χ1v) is 30.2. The summed E-state index contributed by atoms with van der Waals surface area (Å²) in [5.41, 5.74) is 0. The molecule has 0 rings (SSSR count). The molecule has 68 heavy (non-hydrogen) atoms. The highest BCUT2D eigenvalue weighted by Crippen LogP contribution is 2.38. The molecule has 0 aromatic carbocycles. The van der Waals surface area contributed by atoms with Gasteiger partial charge in [-0.2, -0.15) is 0 Å². The van der Waals surface area contributed by atoms with E-state index in [2.05, 4.69) is 50.3 Å². The van der Waals surface area contributed by atoms with Crippen LogP contribution in [0.5, 0.6) is 0 Å². The molecule has 0 aromatic rings. The average Bonchev–Trinajstić information content (AvgIpc) is 3.30. The Morgan fingerprint density at radius 2 is 0.794 bits per heavy atom. The Morgan fingerprint density at radius 1 is 0.456 bits per heavy atom. The van der Waals surface area contributed by atoms with E-state index in [0.29, 0.717) is 17.4 Å². The van der Waals surface area contributed by atoms with E-state index in [0.717, 1.165) is 44.9 Å². The van der Waals surface area contributed by atoms with Crippen molar-refractivity contribution in [1.82, 2.24) is 0 Å². The average molecular weight is 980 g/mol. The Labute approximate surface area is 421 Å². The van der Waals surface area contributed by atoms with Crippen molar-refractivity contribution in [3.63, 3.8) is 0 Å². The molecule has 2 atom stereocenters. The Hall–Kier alpha value is -1.77. The number of ether oxygens (including phenoxy) is 2. The van der Waals surface area contributed by atoms with Gasteiger partial charge >= 0.3 is 11.9 Å². The van der Waals surface area contributed by atoms with Crippen molar-refractivity contribution in [1.29, 1.82) is 0 Å². The third-order valence-electron chi connectivity index (χ3n) is 12.7. The van der Waals surface area contributed by atoms with Crippen LogP contribution in [0.4, 0.5) is 0 Å². The first-order valence-electron chi connectivity index (χ1n) is 28.7. The summed E-state index contributed by atoms with van der Waals surface area (Å²) in [7, 11) is 1.18. The zero-order valence-electron chi connectivity index (χ0n) is 45.3. The lowest BCUT2D eigenvalue weighted by Crippen LogP contribution is -2.37. The second-order valence-electron chi connectivity index (χ2n) is 20.7. The normalized spacial score (nSPS) is 13.6. The predicted octanol–water partition coefficient (Wildman–Crippen LogP) is 17.0. The van der Waals surface area contributed by atoms with Crippen LogP contribution in [0.3, 0.4) is 0 Å². The number of esters is 2. The van der Waals surface area contributed by atoms with Gasteiger partial charge in [0.2, 0.25) is 0 Å². The molecule has 400 valence electrons. The van der Waals surface area contributed by atoms with Crippen LogP contribution in [0.25, 0.3) is 0 Å². The molecule has 0 aromatic heterocycles.